The van der Waals surface area contributed by atoms with Gasteiger partial charge in [0.15, 0.2) is 0 Å². The van der Waals surface area contributed by atoms with E-state index in [1.165, 1.54) is 11.8 Å². The lowest BCUT2D eigenvalue weighted by Crippen LogP contribution is -2.34. The van der Waals surface area contributed by atoms with Crippen molar-refractivity contribution in [2.24, 2.45) is 0 Å². The Morgan fingerprint density at radius 3 is 2.57 bits per heavy atom. The van der Waals surface area contributed by atoms with Gasteiger partial charge < -0.3 is 5.32 Å². The molecule has 1 amide bonds. The summed E-state index contributed by atoms with van der Waals surface area (Å²) >= 11 is 1.36. The molecule has 28 heavy (non-hydrogen) atoms. The van der Waals surface area contributed by atoms with E-state index in [2.05, 4.69) is 39.4 Å². The van der Waals surface area contributed by atoms with Crippen molar-refractivity contribution in [1.29, 1.82) is 0 Å². The van der Waals surface area contributed by atoms with E-state index in [1.807, 2.05) is 45.9 Å². The van der Waals surface area contributed by atoms with Crippen LogP contribution >= 0.6 is 11.8 Å². The molecule has 6 nitrogen and oxygen atoms in total. The molecule has 0 fully saturated rings. The highest BCUT2D eigenvalue weighted by molar-refractivity contribution is 8.00. The third-order valence-electron chi connectivity index (χ3n) is 4.99. The second-order valence-electron chi connectivity index (χ2n) is 7.03. The summed E-state index contributed by atoms with van der Waals surface area (Å²) in [5.74, 6) is 0.562. The number of thioether (sulfide) groups is 1. The molecule has 0 saturated carbocycles. The number of fused-ring (bicyclic) bond motifs is 1. The smallest absolute Gasteiger partial charge is 0.253 e. The zero-order chi connectivity index (χ0) is 20.3. The molecule has 1 aromatic carbocycles. The monoisotopic (exact) mass is 397 g/mol. The standard InChI is InChI=1S/C21H27N5OS/c1-6-10-18(17-11-8-7-9-12-17)23-19(27)16(5)28-21-24-20-22-14(3)13(2)15(4)26(20)25-21/h7-9,11-12,16,18H,6,10H2,1-5H3,(H,23,27). The minimum atomic E-state index is -0.303. The van der Waals surface area contributed by atoms with E-state index >= 15 is 0 Å². The van der Waals surface area contributed by atoms with Gasteiger partial charge in [-0.3, -0.25) is 4.79 Å². The Balaban J connectivity index is 1.73. The quantitative estimate of drug-likeness (QED) is 0.605. The molecular weight excluding hydrogens is 370 g/mol. The largest absolute Gasteiger partial charge is 0.348 e. The van der Waals surface area contributed by atoms with Crippen molar-refractivity contribution in [1.82, 2.24) is 24.9 Å². The van der Waals surface area contributed by atoms with Crippen LogP contribution in [0.3, 0.4) is 0 Å². The van der Waals surface area contributed by atoms with Crippen molar-refractivity contribution in [3.05, 3.63) is 52.8 Å². The number of nitrogens with one attached hydrogen (secondary N) is 1. The summed E-state index contributed by atoms with van der Waals surface area (Å²) in [5.41, 5.74) is 4.20. The van der Waals surface area contributed by atoms with E-state index in [0.717, 1.165) is 35.4 Å². The first kappa shape index (κ1) is 20.3. The zero-order valence-corrected chi connectivity index (χ0v) is 17.9. The molecule has 2 unspecified atom stereocenters. The van der Waals surface area contributed by atoms with Gasteiger partial charge >= 0.3 is 0 Å². The normalized spacial score (nSPS) is 13.5. The Kier molecular flexibility index (Phi) is 6.34. The summed E-state index contributed by atoms with van der Waals surface area (Å²) in [7, 11) is 0. The van der Waals surface area contributed by atoms with Crippen LogP contribution in [0.5, 0.6) is 0 Å². The lowest BCUT2D eigenvalue weighted by Gasteiger charge is -2.20. The molecule has 0 radical (unpaired) electrons. The summed E-state index contributed by atoms with van der Waals surface area (Å²) in [5, 5.41) is 7.98. The van der Waals surface area contributed by atoms with Gasteiger partial charge in [0.2, 0.25) is 11.1 Å². The third-order valence-corrected chi connectivity index (χ3v) is 5.94. The number of nitrogens with zero attached hydrogens (tertiary/aromatic N) is 4. The molecule has 7 heteroatoms. The maximum absolute atomic E-state index is 12.8. The number of aromatic nitrogens is 4. The molecule has 0 saturated heterocycles. The van der Waals surface area contributed by atoms with Gasteiger partial charge in [0.1, 0.15) is 0 Å². The van der Waals surface area contributed by atoms with Gasteiger partial charge in [-0.25, -0.2) is 9.50 Å². The highest BCUT2D eigenvalue weighted by Gasteiger charge is 2.22. The minimum Gasteiger partial charge on any atom is -0.348 e. The van der Waals surface area contributed by atoms with Crippen molar-refractivity contribution in [2.75, 3.05) is 0 Å². The van der Waals surface area contributed by atoms with Crippen molar-refractivity contribution >= 4 is 23.4 Å². The van der Waals surface area contributed by atoms with Crippen LogP contribution in [0.1, 0.15) is 55.2 Å². The third kappa shape index (κ3) is 4.35. The molecule has 148 valence electrons. The molecule has 0 bridgehead atoms. The van der Waals surface area contributed by atoms with Crippen LogP contribution in [0.15, 0.2) is 35.5 Å². The highest BCUT2D eigenvalue weighted by atomic mass is 32.2. The van der Waals surface area contributed by atoms with E-state index in [-0.39, 0.29) is 17.2 Å². The number of carbonyl (C=O) groups excluding carboxylic acids is 1. The molecule has 0 spiro atoms. The van der Waals surface area contributed by atoms with Gasteiger partial charge in [-0.2, -0.15) is 4.98 Å². The first-order valence-corrected chi connectivity index (χ1v) is 10.5. The molecule has 0 aliphatic carbocycles. The van der Waals surface area contributed by atoms with E-state index in [4.69, 9.17) is 0 Å². The Morgan fingerprint density at radius 2 is 1.89 bits per heavy atom. The molecule has 2 heterocycles. The van der Waals surface area contributed by atoms with Crippen LogP contribution in [0.4, 0.5) is 0 Å². The van der Waals surface area contributed by atoms with E-state index in [0.29, 0.717) is 10.9 Å². The maximum atomic E-state index is 12.8. The summed E-state index contributed by atoms with van der Waals surface area (Å²) in [4.78, 5) is 21.8. The van der Waals surface area contributed by atoms with E-state index in [9.17, 15) is 4.79 Å². The number of aryl methyl sites for hydroxylation is 2. The van der Waals surface area contributed by atoms with Gasteiger partial charge in [0, 0.05) is 11.4 Å². The fourth-order valence-electron chi connectivity index (χ4n) is 3.08. The van der Waals surface area contributed by atoms with Crippen LogP contribution in [-0.4, -0.2) is 30.7 Å². The van der Waals surface area contributed by atoms with Crippen molar-refractivity contribution in [3.8, 4) is 0 Å². The van der Waals surface area contributed by atoms with Gasteiger partial charge in [0.05, 0.1) is 11.3 Å². The average Bonchev–Trinajstić information content (AvgIpc) is 3.08. The Morgan fingerprint density at radius 1 is 1.18 bits per heavy atom. The Hall–Kier alpha value is -2.41. The van der Waals surface area contributed by atoms with Gasteiger partial charge in [-0.05, 0) is 45.2 Å². The predicted molar refractivity (Wildman–Crippen MR) is 113 cm³/mol. The molecule has 0 aliphatic rings. The van der Waals surface area contributed by atoms with Crippen molar-refractivity contribution in [2.45, 2.75) is 63.9 Å². The van der Waals surface area contributed by atoms with E-state index < -0.39 is 0 Å². The molecule has 3 aromatic rings. The Bertz CT molecular complexity index is 970. The number of benzene rings is 1. The molecule has 3 rings (SSSR count). The predicted octanol–water partition coefficient (Wildman–Crippen LogP) is 4.19. The molecule has 2 atom stereocenters. The van der Waals surface area contributed by atoms with Gasteiger partial charge in [-0.1, -0.05) is 55.4 Å². The van der Waals surface area contributed by atoms with Crippen LogP contribution in [-0.2, 0) is 4.79 Å². The second kappa shape index (κ2) is 8.73. The van der Waals surface area contributed by atoms with Crippen LogP contribution in [0.2, 0.25) is 0 Å². The van der Waals surface area contributed by atoms with Crippen LogP contribution in [0.25, 0.3) is 5.78 Å². The molecule has 1 N–H and O–H groups in total. The number of hydrogen-bond acceptors (Lipinski definition) is 5. The topological polar surface area (TPSA) is 72.2 Å². The SMILES string of the molecule is CCCC(NC(=O)C(C)Sc1nc2nc(C)c(C)c(C)n2n1)c1ccccc1. The molecule has 2 aromatic heterocycles. The highest BCUT2D eigenvalue weighted by Crippen LogP contribution is 2.24. The number of amides is 1. The number of hydrogen-bond donors (Lipinski definition) is 1. The number of rotatable bonds is 7. The van der Waals surface area contributed by atoms with Gasteiger partial charge in [-0.15, -0.1) is 5.10 Å². The zero-order valence-electron chi connectivity index (χ0n) is 17.1. The second-order valence-corrected chi connectivity index (χ2v) is 8.34. The minimum absolute atomic E-state index is 0.0109. The maximum Gasteiger partial charge on any atom is 0.253 e. The summed E-state index contributed by atoms with van der Waals surface area (Å²) in [6.45, 7) is 10.0. The van der Waals surface area contributed by atoms with Crippen LogP contribution < -0.4 is 5.32 Å². The fraction of sp³-hybridized carbons (Fsp3) is 0.429. The van der Waals surface area contributed by atoms with Crippen LogP contribution in [0, 0.1) is 20.8 Å². The lowest BCUT2D eigenvalue weighted by molar-refractivity contribution is -0.121. The first-order valence-electron chi connectivity index (χ1n) is 9.63. The molecular formula is C21H27N5OS. The fourth-order valence-corrected chi connectivity index (χ4v) is 3.84. The first-order chi connectivity index (χ1) is 13.4. The molecule has 0 aliphatic heterocycles. The van der Waals surface area contributed by atoms with Crippen molar-refractivity contribution < 1.29 is 4.79 Å². The number of carbonyl (C=O) groups is 1. The average molecular weight is 398 g/mol. The lowest BCUT2D eigenvalue weighted by atomic mass is 10.0. The van der Waals surface area contributed by atoms with Crippen molar-refractivity contribution in [3.63, 3.8) is 0 Å². The van der Waals surface area contributed by atoms with Gasteiger partial charge in [0.25, 0.3) is 5.78 Å². The Labute approximate surface area is 170 Å². The van der Waals surface area contributed by atoms with E-state index in [1.54, 1.807) is 4.52 Å². The summed E-state index contributed by atoms with van der Waals surface area (Å²) < 4.78 is 1.75. The summed E-state index contributed by atoms with van der Waals surface area (Å²) in [6.07, 6.45) is 1.90. The summed E-state index contributed by atoms with van der Waals surface area (Å²) in [6, 6.07) is 10.1.